The highest BCUT2D eigenvalue weighted by molar-refractivity contribution is 7.09. The normalized spacial score (nSPS) is 24.3. The van der Waals surface area contributed by atoms with Gasteiger partial charge in [-0.2, -0.15) is 11.3 Å². The first-order chi connectivity index (χ1) is 12.3. The van der Waals surface area contributed by atoms with Crippen LogP contribution in [0.1, 0.15) is 23.4 Å². The van der Waals surface area contributed by atoms with Crippen molar-refractivity contribution < 1.29 is 4.74 Å². The molecule has 2 saturated heterocycles. The summed E-state index contributed by atoms with van der Waals surface area (Å²) in [5.41, 5.74) is 1.89. The summed E-state index contributed by atoms with van der Waals surface area (Å²) in [7, 11) is 1.85. The molecule has 136 valence electrons. The third-order valence-corrected chi connectivity index (χ3v) is 7.43. The Hall–Kier alpha value is -0.790. The van der Waals surface area contributed by atoms with Crippen molar-refractivity contribution in [3.63, 3.8) is 0 Å². The van der Waals surface area contributed by atoms with E-state index in [0.29, 0.717) is 11.3 Å². The zero-order valence-electron chi connectivity index (χ0n) is 14.9. The molecule has 1 atom stereocenters. The molecule has 4 nitrogen and oxygen atoms in total. The minimum Gasteiger partial charge on any atom is -0.384 e. The number of piperidine rings is 1. The summed E-state index contributed by atoms with van der Waals surface area (Å²) < 4.78 is 5.60. The lowest BCUT2D eigenvalue weighted by Gasteiger charge is -2.42. The lowest BCUT2D eigenvalue weighted by atomic mass is 9.71. The molecule has 0 amide bonds. The van der Waals surface area contributed by atoms with Crippen LogP contribution in [0.4, 0.5) is 0 Å². The first-order valence-electron chi connectivity index (χ1n) is 9.10. The van der Waals surface area contributed by atoms with Crippen molar-refractivity contribution in [1.29, 1.82) is 0 Å². The van der Waals surface area contributed by atoms with E-state index in [2.05, 4.69) is 37.0 Å². The molecule has 2 fully saturated rings. The summed E-state index contributed by atoms with van der Waals surface area (Å²) in [5, 5.41) is 7.79. The largest absolute Gasteiger partial charge is 0.384 e. The molecule has 0 saturated carbocycles. The minimum atomic E-state index is 0.436. The molecule has 25 heavy (non-hydrogen) atoms. The van der Waals surface area contributed by atoms with Gasteiger partial charge >= 0.3 is 0 Å². The highest BCUT2D eigenvalue weighted by atomic mass is 32.1. The topological polar surface area (TPSA) is 28.6 Å². The maximum Gasteiger partial charge on any atom is 0.107 e. The Morgan fingerprint density at radius 2 is 2.12 bits per heavy atom. The first-order valence-corrected chi connectivity index (χ1v) is 10.9. The van der Waals surface area contributed by atoms with Crippen LogP contribution in [-0.4, -0.2) is 54.7 Å². The van der Waals surface area contributed by atoms with Gasteiger partial charge in [-0.15, -0.1) is 11.3 Å². The van der Waals surface area contributed by atoms with Crippen LogP contribution in [0.2, 0.25) is 0 Å². The predicted octanol–water partition coefficient (Wildman–Crippen LogP) is 3.57. The number of hydrogen-bond acceptors (Lipinski definition) is 6. The van der Waals surface area contributed by atoms with E-state index < -0.39 is 0 Å². The average Bonchev–Trinajstić information content (AvgIpc) is 3.34. The Labute approximate surface area is 158 Å². The van der Waals surface area contributed by atoms with Gasteiger partial charge in [0.1, 0.15) is 5.01 Å². The minimum absolute atomic E-state index is 0.436. The summed E-state index contributed by atoms with van der Waals surface area (Å²) in [4.78, 5) is 9.68. The second-order valence-electron chi connectivity index (χ2n) is 7.52. The van der Waals surface area contributed by atoms with Crippen molar-refractivity contribution in [3.8, 4) is 0 Å². The molecule has 4 heterocycles. The van der Waals surface area contributed by atoms with E-state index in [1.165, 1.54) is 49.6 Å². The fourth-order valence-electron chi connectivity index (χ4n) is 4.58. The molecule has 1 spiro atoms. The SMILES string of the molecule is COCC1CN(Cc2ccsc2)CC12CCN(Cc1nccs1)CC2. The second-order valence-corrected chi connectivity index (χ2v) is 9.28. The van der Waals surface area contributed by atoms with Crippen molar-refractivity contribution in [2.45, 2.75) is 25.9 Å². The lowest BCUT2D eigenvalue weighted by Crippen LogP contribution is -2.44. The second kappa shape index (κ2) is 7.84. The molecule has 0 aliphatic carbocycles. The smallest absolute Gasteiger partial charge is 0.107 e. The molecule has 6 heteroatoms. The Bertz CT molecular complexity index is 636. The van der Waals surface area contributed by atoms with Crippen LogP contribution >= 0.6 is 22.7 Å². The van der Waals surface area contributed by atoms with E-state index in [-0.39, 0.29) is 0 Å². The average molecular weight is 378 g/mol. The molecule has 2 aromatic heterocycles. The van der Waals surface area contributed by atoms with Gasteiger partial charge in [0.05, 0.1) is 13.2 Å². The molecular formula is C19H27N3OS2. The van der Waals surface area contributed by atoms with E-state index in [0.717, 1.165) is 19.7 Å². The van der Waals surface area contributed by atoms with Crippen molar-refractivity contribution in [3.05, 3.63) is 39.0 Å². The van der Waals surface area contributed by atoms with Gasteiger partial charge in [-0.3, -0.25) is 9.80 Å². The van der Waals surface area contributed by atoms with Gasteiger partial charge in [-0.25, -0.2) is 4.98 Å². The van der Waals surface area contributed by atoms with Gasteiger partial charge in [0.15, 0.2) is 0 Å². The number of thiazole rings is 1. The molecule has 0 N–H and O–H groups in total. The number of hydrogen-bond donors (Lipinski definition) is 0. The Kier molecular flexibility index (Phi) is 5.53. The summed E-state index contributed by atoms with van der Waals surface area (Å²) in [5.74, 6) is 0.665. The van der Waals surface area contributed by atoms with Gasteiger partial charge in [-0.05, 0) is 53.7 Å². The van der Waals surface area contributed by atoms with Gasteiger partial charge in [0, 0.05) is 44.2 Å². The molecule has 2 aromatic rings. The van der Waals surface area contributed by atoms with Gasteiger partial charge in [0.25, 0.3) is 0 Å². The number of nitrogens with zero attached hydrogens (tertiary/aromatic N) is 3. The number of methoxy groups -OCH3 is 1. The highest BCUT2D eigenvalue weighted by Crippen LogP contribution is 2.45. The molecule has 0 radical (unpaired) electrons. The van der Waals surface area contributed by atoms with Crippen molar-refractivity contribution in [2.75, 3.05) is 39.9 Å². The highest BCUT2D eigenvalue weighted by Gasteiger charge is 2.47. The summed E-state index contributed by atoms with van der Waals surface area (Å²) in [6, 6.07) is 2.26. The Morgan fingerprint density at radius 1 is 1.24 bits per heavy atom. The quantitative estimate of drug-likeness (QED) is 0.769. The fraction of sp³-hybridized carbons (Fsp3) is 0.632. The Balaban J connectivity index is 1.38. The first kappa shape index (κ1) is 17.6. The number of likely N-dealkylation sites (tertiary alicyclic amines) is 2. The number of rotatable bonds is 6. The number of ether oxygens (including phenoxy) is 1. The summed E-state index contributed by atoms with van der Waals surface area (Å²) >= 11 is 3.57. The van der Waals surface area contributed by atoms with E-state index in [9.17, 15) is 0 Å². The maximum absolute atomic E-state index is 5.60. The van der Waals surface area contributed by atoms with Crippen molar-refractivity contribution in [1.82, 2.24) is 14.8 Å². The van der Waals surface area contributed by atoms with Gasteiger partial charge < -0.3 is 4.74 Å². The van der Waals surface area contributed by atoms with E-state index in [1.807, 2.05) is 13.3 Å². The van der Waals surface area contributed by atoms with Crippen LogP contribution in [0.3, 0.4) is 0 Å². The van der Waals surface area contributed by atoms with E-state index in [4.69, 9.17) is 4.74 Å². The monoisotopic (exact) mass is 377 g/mol. The standard InChI is InChI=1S/C19H27N3OS2/c1-23-13-17-11-22(10-16-2-8-24-14-16)15-19(17)3-6-21(7-4-19)12-18-20-5-9-25-18/h2,5,8-9,14,17H,3-4,6-7,10-13,15H2,1H3. The maximum atomic E-state index is 5.60. The van der Waals surface area contributed by atoms with Gasteiger partial charge in [-0.1, -0.05) is 0 Å². The molecule has 4 rings (SSSR count). The number of thiophene rings is 1. The van der Waals surface area contributed by atoms with Crippen LogP contribution < -0.4 is 0 Å². The van der Waals surface area contributed by atoms with Crippen LogP contribution in [-0.2, 0) is 17.8 Å². The lowest BCUT2D eigenvalue weighted by molar-refractivity contribution is 0.0350. The third kappa shape index (κ3) is 3.98. The third-order valence-electron chi connectivity index (χ3n) is 5.93. The van der Waals surface area contributed by atoms with Crippen LogP contribution in [0.5, 0.6) is 0 Å². The molecule has 0 bridgehead atoms. The van der Waals surface area contributed by atoms with Crippen LogP contribution in [0.25, 0.3) is 0 Å². The van der Waals surface area contributed by atoms with Crippen LogP contribution in [0.15, 0.2) is 28.4 Å². The molecule has 0 aromatic carbocycles. The van der Waals surface area contributed by atoms with Crippen LogP contribution in [0, 0.1) is 11.3 Å². The molecule has 2 aliphatic rings. The van der Waals surface area contributed by atoms with Crippen molar-refractivity contribution >= 4 is 22.7 Å². The molecular weight excluding hydrogens is 350 g/mol. The zero-order chi connectivity index (χ0) is 17.1. The summed E-state index contributed by atoms with van der Waals surface area (Å²) in [6.07, 6.45) is 4.48. The zero-order valence-corrected chi connectivity index (χ0v) is 16.5. The molecule has 1 unspecified atom stereocenters. The van der Waals surface area contributed by atoms with E-state index in [1.54, 1.807) is 22.7 Å². The fourth-order valence-corrected chi connectivity index (χ4v) is 5.90. The Morgan fingerprint density at radius 3 is 2.80 bits per heavy atom. The molecule has 2 aliphatic heterocycles. The predicted molar refractivity (Wildman–Crippen MR) is 104 cm³/mol. The van der Waals surface area contributed by atoms with Crippen molar-refractivity contribution in [2.24, 2.45) is 11.3 Å². The number of aromatic nitrogens is 1. The summed E-state index contributed by atoms with van der Waals surface area (Å²) in [6.45, 7) is 7.78. The van der Waals surface area contributed by atoms with Gasteiger partial charge in [0.2, 0.25) is 0 Å². The van der Waals surface area contributed by atoms with E-state index >= 15 is 0 Å².